The first kappa shape index (κ1) is 18.7. The van der Waals surface area contributed by atoms with Gasteiger partial charge < -0.3 is 9.47 Å². The summed E-state index contributed by atoms with van der Waals surface area (Å²) in [6.07, 6.45) is 2.65. The molecule has 144 valence electrons. The van der Waals surface area contributed by atoms with E-state index in [9.17, 15) is 4.79 Å². The minimum Gasteiger partial charge on any atom is -0.494 e. The Labute approximate surface area is 170 Å². The van der Waals surface area contributed by atoms with Crippen molar-refractivity contribution in [3.05, 3.63) is 95.7 Å². The van der Waals surface area contributed by atoms with E-state index >= 15 is 0 Å². The highest BCUT2D eigenvalue weighted by atomic mass is 16.6. The van der Waals surface area contributed by atoms with Gasteiger partial charge >= 0.3 is 5.97 Å². The van der Waals surface area contributed by atoms with Gasteiger partial charge in [0.15, 0.2) is 5.70 Å². The fraction of sp³-hybridized carbons (Fsp3) is 0.120. The summed E-state index contributed by atoms with van der Waals surface area (Å²) < 4.78 is 11.0. The highest BCUT2D eigenvalue weighted by Crippen LogP contribution is 2.24. The van der Waals surface area contributed by atoms with Crippen LogP contribution >= 0.6 is 0 Å². The number of aliphatic imine (C=N–C) groups is 1. The van der Waals surface area contributed by atoms with E-state index < -0.39 is 5.97 Å². The van der Waals surface area contributed by atoms with Gasteiger partial charge in [-0.3, -0.25) is 0 Å². The molecule has 1 heterocycles. The van der Waals surface area contributed by atoms with Gasteiger partial charge in [-0.2, -0.15) is 0 Å². The van der Waals surface area contributed by atoms with Crippen molar-refractivity contribution in [3.8, 4) is 16.9 Å². The standard InChI is InChI=1S/C25H21NO3/c1-2-15-28-22-10-6-7-18(16-22)17-23-25(27)29-24(26-23)21-13-11-20(12-14-21)19-8-4-3-5-9-19/h3-14,16-17H,2,15H2,1H3/b23-17-. The number of nitrogens with zero attached hydrogens (tertiary/aromatic N) is 1. The lowest BCUT2D eigenvalue weighted by Crippen LogP contribution is -2.05. The van der Waals surface area contributed by atoms with Gasteiger partial charge in [0.2, 0.25) is 5.90 Å². The van der Waals surface area contributed by atoms with Crippen LogP contribution in [0.15, 0.2) is 89.6 Å². The molecule has 4 nitrogen and oxygen atoms in total. The van der Waals surface area contributed by atoms with Gasteiger partial charge in [-0.05, 0) is 53.5 Å². The molecule has 0 fully saturated rings. The van der Waals surface area contributed by atoms with Crippen molar-refractivity contribution in [2.45, 2.75) is 13.3 Å². The first-order valence-electron chi connectivity index (χ1n) is 9.64. The number of rotatable bonds is 6. The predicted molar refractivity (Wildman–Crippen MR) is 115 cm³/mol. The van der Waals surface area contributed by atoms with Gasteiger partial charge in [-0.25, -0.2) is 9.79 Å². The van der Waals surface area contributed by atoms with Crippen LogP contribution in [0.4, 0.5) is 0 Å². The third kappa shape index (κ3) is 4.43. The molecule has 0 spiro atoms. The lowest BCUT2D eigenvalue weighted by Gasteiger charge is -2.04. The number of esters is 1. The number of benzene rings is 3. The molecule has 0 saturated heterocycles. The third-order valence-corrected chi connectivity index (χ3v) is 4.49. The molecule has 0 radical (unpaired) electrons. The molecular weight excluding hydrogens is 362 g/mol. The van der Waals surface area contributed by atoms with E-state index in [1.54, 1.807) is 6.08 Å². The Balaban J connectivity index is 1.55. The zero-order valence-electron chi connectivity index (χ0n) is 16.2. The summed E-state index contributed by atoms with van der Waals surface area (Å²) in [6.45, 7) is 2.71. The smallest absolute Gasteiger partial charge is 0.363 e. The summed E-state index contributed by atoms with van der Waals surface area (Å²) in [4.78, 5) is 16.7. The first-order valence-corrected chi connectivity index (χ1v) is 9.64. The maximum atomic E-state index is 12.3. The second-order valence-corrected chi connectivity index (χ2v) is 6.70. The molecule has 0 N–H and O–H groups in total. The molecule has 29 heavy (non-hydrogen) atoms. The van der Waals surface area contributed by atoms with E-state index in [1.165, 1.54) is 0 Å². The van der Waals surface area contributed by atoms with Gasteiger partial charge in [0, 0.05) is 5.56 Å². The van der Waals surface area contributed by atoms with E-state index in [2.05, 4.69) is 24.0 Å². The lowest BCUT2D eigenvalue weighted by atomic mass is 10.0. The van der Waals surface area contributed by atoms with E-state index in [0.717, 1.165) is 34.4 Å². The number of carbonyl (C=O) groups is 1. The molecule has 0 unspecified atom stereocenters. The van der Waals surface area contributed by atoms with Crippen LogP contribution in [-0.4, -0.2) is 18.5 Å². The summed E-state index contributed by atoms with van der Waals surface area (Å²) in [5.74, 6) is 0.638. The minimum atomic E-state index is -0.452. The zero-order chi connectivity index (χ0) is 20.1. The van der Waals surface area contributed by atoms with Crippen LogP contribution in [0.5, 0.6) is 5.75 Å². The maximum absolute atomic E-state index is 12.3. The van der Waals surface area contributed by atoms with E-state index in [1.807, 2.05) is 66.7 Å². The predicted octanol–water partition coefficient (Wildman–Crippen LogP) is 5.49. The molecule has 3 aromatic carbocycles. The SMILES string of the molecule is CCCOc1cccc(/C=C2\N=C(c3ccc(-c4ccccc4)cc3)OC2=O)c1. The van der Waals surface area contributed by atoms with Crippen LogP contribution in [-0.2, 0) is 9.53 Å². The van der Waals surface area contributed by atoms with Crippen LogP contribution < -0.4 is 4.74 Å². The molecule has 0 aromatic heterocycles. The Bertz CT molecular complexity index is 1070. The molecule has 0 atom stereocenters. The van der Waals surface area contributed by atoms with E-state index in [4.69, 9.17) is 9.47 Å². The molecule has 1 aliphatic heterocycles. The fourth-order valence-electron chi connectivity index (χ4n) is 3.04. The van der Waals surface area contributed by atoms with Gasteiger partial charge in [0.1, 0.15) is 5.75 Å². The highest BCUT2D eigenvalue weighted by Gasteiger charge is 2.24. The Kier molecular flexibility index (Phi) is 5.52. The Morgan fingerprint density at radius 3 is 2.38 bits per heavy atom. The molecule has 3 aromatic rings. The van der Waals surface area contributed by atoms with Crippen LogP contribution in [0.25, 0.3) is 17.2 Å². The number of carbonyl (C=O) groups excluding carboxylic acids is 1. The van der Waals surface area contributed by atoms with Crippen LogP contribution in [0.2, 0.25) is 0 Å². The van der Waals surface area contributed by atoms with E-state index in [-0.39, 0.29) is 5.70 Å². The van der Waals surface area contributed by atoms with E-state index in [0.29, 0.717) is 12.5 Å². The van der Waals surface area contributed by atoms with Crippen molar-refractivity contribution in [2.75, 3.05) is 6.61 Å². The number of hydrogen-bond acceptors (Lipinski definition) is 4. The Morgan fingerprint density at radius 1 is 0.897 bits per heavy atom. The molecule has 1 aliphatic rings. The summed E-state index contributed by atoms with van der Waals surface area (Å²) >= 11 is 0. The molecule has 0 aliphatic carbocycles. The van der Waals surface area contributed by atoms with Gasteiger partial charge in [-0.1, -0.05) is 61.5 Å². The Morgan fingerprint density at radius 2 is 1.62 bits per heavy atom. The van der Waals surface area contributed by atoms with Crippen LogP contribution in [0.3, 0.4) is 0 Å². The number of ether oxygens (including phenoxy) is 2. The fourth-order valence-corrected chi connectivity index (χ4v) is 3.04. The van der Waals surface area contributed by atoms with Crippen molar-refractivity contribution < 1.29 is 14.3 Å². The summed E-state index contributed by atoms with van der Waals surface area (Å²) in [5, 5.41) is 0. The van der Waals surface area contributed by atoms with Crippen molar-refractivity contribution in [2.24, 2.45) is 4.99 Å². The average Bonchev–Trinajstić information content (AvgIpc) is 3.13. The van der Waals surface area contributed by atoms with Gasteiger partial charge in [-0.15, -0.1) is 0 Å². The van der Waals surface area contributed by atoms with Crippen molar-refractivity contribution in [3.63, 3.8) is 0 Å². The number of hydrogen-bond donors (Lipinski definition) is 0. The molecule has 0 saturated carbocycles. The second kappa shape index (κ2) is 8.57. The first-order chi connectivity index (χ1) is 14.2. The lowest BCUT2D eigenvalue weighted by molar-refractivity contribution is -0.129. The number of cyclic esters (lactones) is 1. The third-order valence-electron chi connectivity index (χ3n) is 4.49. The molecular formula is C25H21NO3. The zero-order valence-corrected chi connectivity index (χ0v) is 16.2. The van der Waals surface area contributed by atoms with Gasteiger partial charge in [0.05, 0.1) is 6.61 Å². The van der Waals surface area contributed by atoms with Crippen molar-refractivity contribution >= 4 is 17.9 Å². The van der Waals surface area contributed by atoms with Crippen LogP contribution in [0, 0.1) is 0 Å². The monoisotopic (exact) mass is 383 g/mol. The summed E-state index contributed by atoms with van der Waals surface area (Å²) in [5.41, 5.74) is 4.12. The summed E-state index contributed by atoms with van der Waals surface area (Å²) in [7, 11) is 0. The average molecular weight is 383 g/mol. The largest absolute Gasteiger partial charge is 0.494 e. The summed E-state index contributed by atoms with van der Waals surface area (Å²) in [6, 6.07) is 25.5. The Hall–Kier alpha value is -3.66. The van der Waals surface area contributed by atoms with Crippen molar-refractivity contribution in [1.29, 1.82) is 0 Å². The quantitative estimate of drug-likeness (QED) is 0.418. The maximum Gasteiger partial charge on any atom is 0.363 e. The minimum absolute atomic E-state index is 0.278. The molecule has 0 bridgehead atoms. The second-order valence-electron chi connectivity index (χ2n) is 6.70. The van der Waals surface area contributed by atoms with Gasteiger partial charge in [0.25, 0.3) is 0 Å². The molecule has 0 amide bonds. The topological polar surface area (TPSA) is 47.9 Å². The normalized spacial score (nSPS) is 14.6. The molecule has 4 heteroatoms. The highest BCUT2D eigenvalue weighted by molar-refractivity contribution is 6.13. The van der Waals surface area contributed by atoms with Crippen LogP contribution in [0.1, 0.15) is 24.5 Å². The molecule has 4 rings (SSSR count). The van der Waals surface area contributed by atoms with Crippen molar-refractivity contribution in [1.82, 2.24) is 0 Å².